The summed E-state index contributed by atoms with van der Waals surface area (Å²) in [6, 6.07) is 14.2. The van der Waals surface area contributed by atoms with Gasteiger partial charge in [-0.3, -0.25) is 19.5 Å². The second kappa shape index (κ2) is 8.14. The maximum Gasteiger partial charge on any atom is 0.272 e. The van der Waals surface area contributed by atoms with Gasteiger partial charge in [-0.2, -0.15) is 0 Å². The molecule has 2 amide bonds. The minimum absolute atomic E-state index is 0.116. The molecule has 2 aliphatic rings. The number of hydrogen-bond acceptors (Lipinski definition) is 4. The highest BCUT2D eigenvalue weighted by atomic mass is 35.5. The van der Waals surface area contributed by atoms with Gasteiger partial charge in [0, 0.05) is 36.5 Å². The van der Waals surface area contributed by atoms with Crippen LogP contribution < -0.4 is 10.6 Å². The number of nitrogens with one attached hydrogen (secondary N) is 2. The number of hydrogen-bond donors (Lipinski definition) is 2. The van der Waals surface area contributed by atoms with E-state index in [9.17, 15) is 9.59 Å². The molecule has 2 aromatic rings. The van der Waals surface area contributed by atoms with E-state index in [2.05, 4.69) is 15.5 Å². The lowest BCUT2D eigenvalue weighted by molar-refractivity contribution is -0.119. The zero-order valence-corrected chi connectivity index (χ0v) is 17.1. The quantitative estimate of drug-likeness (QED) is 0.780. The fourth-order valence-corrected chi connectivity index (χ4v) is 3.95. The van der Waals surface area contributed by atoms with Gasteiger partial charge in [0.2, 0.25) is 5.91 Å². The summed E-state index contributed by atoms with van der Waals surface area (Å²) >= 11 is 12.0. The first-order valence-electron chi connectivity index (χ1n) is 9.39. The van der Waals surface area contributed by atoms with Gasteiger partial charge in [0.05, 0.1) is 17.3 Å². The first kappa shape index (κ1) is 19.9. The van der Waals surface area contributed by atoms with E-state index in [1.54, 1.807) is 36.4 Å². The molecule has 8 heteroatoms. The van der Waals surface area contributed by atoms with Gasteiger partial charge in [0.25, 0.3) is 5.91 Å². The van der Waals surface area contributed by atoms with Gasteiger partial charge in [0.1, 0.15) is 11.4 Å². The van der Waals surface area contributed by atoms with E-state index in [-0.39, 0.29) is 18.4 Å². The fourth-order valence-electron chi connectivity index (χ4n) is 3.64. The van der Waals surface area contributed by atoms with Crippen molar-refractivity contribution in [3.05, 3.63) is 64.1 Å². The third-order valence-corrected chi connectivity index (χ3v) is 5.78. The number of aliphatic imine (C=N–C) groups is 1. The van der Waals surface area contributed by atoms with Crippen LogP contribution in [0.15, 0.2) is 53.5 Å². The van der Waals surface area contributed by atoms with Gasteiger partial charge in [-0.05, 0) is 24.3 Å². The minimum atomic E-state index is -0.595. The maximum absolute atomic E-state index is 12.5. The van der Waals surface area contributed by atoms with Crippen LogP contribution in [-0.2, 0) is 9.59 Å². The van der Waals surface area contributed by atoms with Crippen molar-refractivity contribution in [3.63, 3.8) is 0 Å². The molecule has 2 N–H and O–H groups in total. The Balaban J connectivity index is 1.36. The summed E-state index contributed by atoms with van der Waals surface area (Å²) in [5.74, 6) is -0.285. The number of carbonyl (C=O) groups excluding carboxylic acids is 2. The Bertz CT molecular complexity index is 967. The zero-order valence-electron chi connectivity index (χ0n) is 15.6. The van der Waals surface area contributed by atoms with Crippen molar-refractivity contribution >= 4 is 46.4 Å². The molecule has 1 saturated heterocycles. The smallest absolute Gasteiger partial charge is 0.272 e. The Labute approximate surface area is 178 Å². The average molecular weight is 431 g/mol. The number of carbonyl (C=O) groups is 2. The van der Waals surface area contributed by atoms with Crippen molar-refractivity contribution in [2.24, 2.45) is 4.99 Å². The summed E-state index contributed by atoms with van der Waals surface area (Å²) in [7, 11) is 0. The molecule has 29 heavy (non-hydrogen) atoms. The Hall–Kier alpha value is -2.41. The lowest BCUT2D eigenvalue weighted by atomic mass is 9.98. The second-order valence-electron chi connectivity index (χ2n) is 7.26. The molecule has 0 aliphatic carbocycles. The summed E-state index contributed by atoms with van der Waals surface area (Å²) in [5, 5.41) is 7.00. The topological polar surface area (TPSA) is 73.8 Å². The Morgan fingerprint density at radius 3 is 2.48 bits per heavy atom. The summed E-state index contributed by atoms with van der Waals surface area (Å²) in [4.78, 5) is 31.6. The Morgan fingerprint density at radius 2 is 1.79 bits per heavy atom. The summed E-state index contributed by atoms with van der Waals surface area (Å²) in [6.45, 7) is 1.59. The molecule has 2 aromatic carbocycles. The number of halogens is 2. The predicted octanol–water partition coefficient (Wildman–Crippen LogP) is 3.34. The largest absolute Gasteiger partial charge is 0.326 e. The highest BCUT2D eigenvalue weighted by Crippen LogP contribution is 2.29. The SMILES string of the molecule is O=C(CN1CCC2(CC1)N=C(c1ccc(Cl)cc1)C(=O)N2)Nc1ccccc1Cl. The van der Waals surface area contributed by atoms with Crippen LogP contribution in [0.3, 0.4) is 0 Å². The molecule has 2 aliphatic heterocycles. The summed E-state index contributed by atoms with van der Waals surface area (Å²) < 4.78 is 0. The Kier molecular flexibility index (Phi) is 5.58. The van der Waals surface area contributed by atoms with E-state index in [1.165, 1.54) is 0 Å². The van der Waals surface area contributed by atoms with Crippen LogP contribution in [0.2, 0.25) is 10.0 Å². The van der Waals surface area contributed by atoms with Gasteiger partial charge in [0.15, 0.2) is 0 Å². The molecule has 0 unspecified atom stereocenters. The summed E-state index contributed by atoms with van der Waals surface area (Å²) in [5.41, 5.74) is 1.20. The lowest BCUT2D eigenvalue weighted by Gasteiger charge is -2.36. The number of para-hydroxylation sites is 1. The van der Waals surface area contributed by atoms with Crippen molar-refractivity contribution < 1.29 is 9.59 Å². The van der Waals surface area contributed by atoms with Gasteiger partial charge >= 0.3 is 0 Å². The molecule has 0 radical (unpaired) electrons. The first-order valence-corrected chi connectivity index (χ1v) is 10.1. The third kappa shape index (κ3) is 4.45. The molecule has 0 saturated carbocycles. The predicted molar refractivity (Wildman–Crippen MR) is 115 cm³/mol. The highest BCUT2D eigenvalue weighted by molar-refractivity contribution is 6.47. The molecule has 0 aromatic heterocycles. The van der Waals surface area contributed by atoms with E-state index in [4.69, 9.17) is 28.2 Å². The maximum atomic E-state index is 12.5. The van der Waals surface area contributed by atoms with E-state index < -0.39 is 5.66 Å². The van der Waals surface area contributed by atoms with Crippen molar-refractivity contribution in [1.29, 1.82) is 0 Å². The monoisotopic (exact) mass is 430 g/mol. The number of rotatable bonds is 4. The van der Waals surface area contributed by atoms with E-state index in [0.717, 1.165) is 5.56 Å². The molecular weight excluding hydrogens is 411 g/mol. The van der Waals surface area contributed by atoms with Crippen LogP contribution in [0.5, 0.6) is 0 Å². The lowest BCUT2D eigenvalue weighted by Crippen LogP contribution is -2.52. The van der Waals surface area contributed by atoms with Crippen molar-refractivity contribution in [3.8, 4) is 0 Å². The van der Waals surface area contributed by atoms with Crippen LogP contribution in [0.1, 0.15) is 18.4 Å². The Morgan fingerprint density at radius 1 is 1.10 bits per heavy atom. The van der Waals surface area contributed by atoms with E-state index in [1.807, 2.05) is 12.1 Å². The second-order valence-corrected chi connectivity index (χ2v) is 8.10. The number of anilines is 1. The standard InChI is InChI=1S/C21H20Cl2N4O2/c22-15-7-5-14(6-8-15)19-20(29)26-21(25-19)9-11-27(12-10-21)13-18(28)24-17-4-2-1-3-16(17)23/h1-8H,9-13H2,(H,24,28)(H,26,29). The minimum Gasteiger partial charge on any atom is -0.326 e. The van der Waals surface area contributed by atoms with Gasteiger partial charge in [-0.15, -0.1) is 0 Å². The molecule has 0 bridgehead atoms. The van der Waals surface area contributed by atoms with Gasteiger partial charge in [-0.1, -0.05) is 47.5 Å². The first-order chi connectivity index (χ1) is 13.9. The molecule has 0 atom stereocenters. The average Bonchev–Trinajstić information content (AvgIpc) is 3.02. The molecular formula is C21H20Cl2N4O2. The molecule has 150 valence electrons. The van der Waals surface area contributed by atoms with Crippen LogP contribution in [0.4, 0.5) is 5.69 Å². The zero-order chi connectivity index (χ0) is 20.4. The molecule has 4 rings (SSSR count). The van der Waals surface area contributed by atoms with E-state index >= 15 is 0 Å². The molecule has 1 fully saturated rings. The number of likely N-dealkylation sites (tertiary alicyclic amines) is 1. The molecule has 1 spiro atoms. The van der Waals surface area contributed by atoms with Crippen molar-refractivity contribution in [1.82, 2.24) is 10.2 Å². The highest BCUT2D eigenvalue weighted by Gasteiger charge is 2.42. The molecule has 6 nitrogen and oxygen atoms in total. The van der Waals surface area contributed by atoms with Gasteiger partial charge < -0.3 is 10.6 Å². The fraction of sp³-hybridized carbons (Fsp3) is 0.286. The third-order valence-electron chi connectivity index (χ3n) is 5.20. The van der Waals surface area contributed by atoms with Crippen molar-refractivity contribution in [2.75, 3.05) is 25.0 Å². The number of amides is 2. The number of piperidine rings is 1. The van der Waals surface area contributed by atoms with Crippen LogP contribution in [-0.4, -0.2) is 47.7 Å². The number of benzene rings is 2. The van der Waals surface area contributed by atoms with Crippen LogP contribution >= 0.6 is 23.2 Å². The summed E-state index contributed by atoms with van der Waals surface area (Å²) in [6.07, 6.45) is 1.30. The van der Waals surface area contributed by atoms with Gasteiger partial charge in [-0.25, -0.2) is 0 Å². The van der Waals surface area contributed by atoms with E-state index in [0.29, 0.717) is 47.4 Å². The normalized spacial score (nSPS) is 18.4. The van der Waals surface area contributed by atoms with Crippen molar-refractivity contribution in [2.45, 2.75) is 18.5 Å². The molecule has 2 heterocycles. The van der Waals surface area contributed by atoms with Crippen LogP contribution in [0, 0.1) is 0 Å². The number of nitrogens with zero attached hydrogens (tertiary/aromatic N) is 2. The van der Waals surface area contributed by atoms with Crippen LogP contribution in [0.25, 0.3) is 0 Å².